The molecule has 0 spiro atoms. The highest BCUT2D eigenvalue weighted by Gasteiger charge is 2.10. The largest absolute Gasteiger partial charge is 0.483 e. The van der Waals surface area contributed by atoms with Crippen molar-refractivity contribution in [3.05, 3.63) is 77.3 Å². The number of fused-ring (bicyclic) bond motifs is 1. The summed E-state index contributed by atoms with van der Waals surface area (Å²) in [5, 5.41) is 3.44. The number of carbonyl (C=O) groups excluding carboxylic acids is 1. The van der Waals surface area contributed by atoms with Crippen molar-refractivity contribution in [2.45, 2.75) is 6.92 Å². The number of benzene rings is 3. The molecule has 4 rings (SSSR count). The normalized spacial score (nSPS) is 10.8. The molecule has 0 atom stereocenters. The number of carbonyl (C=O) groups is 1. The predicted molar refractivity (Wildman–Crippen MR) is 110 cm³/mol. The zero-order valence-electron chi connectivity index (χ0n) is 15.1. The van der Waals surface area contributed by atoms with E-state index in [0.29, 0.717) is 33.4 Å². The van der Waals surface area contributed by atoms with E-state index in [0.717, 1.165) is 11.1 Å². The summed E-state index contributed by atoms with van der Waals surface area (Å²) < 4.78 is 11.4. The zero-order chi connectivity index (χ0) is 19.5. The van der Waals surface area contributed by atoms with Crippen LogP contribution in [0.25, 0.3) is 22.6 Å². The molecule has 1 N–H and O–H groups in total. The number of halogens is 1. The van der Waals surface area contributed by atoms with E-state index in [1.807, 2.05) is 37.3 Å². The van der Waals surface area contributed by atoms with Crippen LogP contribution in [-0.2, 0) is 4.79 Å². The molecule has 3 aromatic carbocycles. The molecule has 6 heteroatoms. The molecule has 0 unspecified atom stereocenters. The number of oxazole rings is 1. The molecule has 0 bridgehead atoms. The second-order valence-corrected chi connectivity index (χ2v) is 6.75. The second kappa shape index (κ2) is 7.74. The minimum Gasteiger partial charge on any atom is -0.483 e. The number of hydrogen-bond acceptors (Lipinski definition) is 4. The highest BCUT2D eigenvalue weighted by atomic mass is 35.5. The average Bonchev–Trinajstić information content (AvgIpc) is 3.11. The van der Waals surface area contributed by atoms with Crippen LogP contribution in [0.4, 0.5) is 5.69 Å². The van der Waals surface area contributed by atoms with Crippen molar-refractivity contribution in [2.24, 2.45) is 0 Å². The number of nitrogens with one attached hydrogen (secondary N) is 1. The topological polar surface area (TPSA) is 64.4 Å². The Bertz CT molecular complexity index is 1140. The summed E-state index contributed by atoms with van der Waals surface area (Å²) in [4.78, 5) is 16.7. The van der Waals surface area contributed by atoms with Gasteiger partial charge < -0.3 is 14.5 Å². The number of aryl methyl sites for hydroxylation is 1. The van der Waals surface area contributed by atoms with Crippen molar-refractivity contribution < 1.29 is 13.9 Å². The lowest BCUT2D eigenvalue weighted by Gasteiger charge is -2.09. The Hall–Kier alpha value is -3.31. The number of hydrogen-bond donors (Lipinski definition) is 1. The molecule has 4 aromatic rings. The van der Waals surface area contributed by atoms with E-state index in [4.69, 9.17) is 20.8 Å². The van der Waals surface area contributed by atoms with Crippen LogP contribution in [-0.4, -0.2) is 17.5 Å². The first-order valence-electron chi connectivity index (χ1n) is 8.73. The first kappa shape index (κ1) is 18.1. The Kier molecular flexibility index (Phi) is 5.00. The van der Waals surface area contributed by atoms with Crippen LogP contribution in [0.15, 0.2) is 71.1 Å². The summed E-state index contributed by atoms with van der Waals surface area (Å²) in [6.45, 7) is 1.77. The predicted octanol–water partition coefficient (Wildman–Crippen LogP) is 5.47. The lowest BCUT2D eigenvalue weighted by atomic mass is 10.2. The lowest BCUT2D eigenvalue weighted by molar-refractivity contribution is -0.118. The fourth-order valence-corrected chi connectivity index (χ4v) is 3.05. The summed E-state index contributed by atoms with van der Waals surface area (Å²) >= 11 is 5.93. The van der Waals surface area contributed by atoms with Gasteiger partial charge in [0.15, 0.2) is 12.2 Å². The minimum absolute atomic E-state index is 0.103. The van der Waals surface area contributed by atoms with Crippen LogP contribution >= 0.6 is 11.6 Å². The van der Waals surface area contributed by atoms with Crippen molar-refractivity contribution in [3.63, 3.8) is 0 Å². The minimum atomic E-state index is -0.263. The maximum Gasteiger partial charge on any atom is 0.262 e. The molecule has 0 fully saturated rings. The van der Waals surface area contributed by atoms with Gasteiger partial charge in [0, 0.05) is 16.3 Å². The maximum atomic E-state index is 12.2. The highest BCUT2D eigenvalue weighted by Crippen LogP contribution is 2.26. The maximum absolute atomic E-state index is 12.2. The van der Waals surface area contributed by atoms with Gasteiger partial charge in [0.05, 0.1) is 0 Å². The van der Waals surface area contributed by atoms with E-state index in [2.05, 4.69) is 10.3 Å². The van der Waals surface area contributed by atoms with Crippen molar-refractivity contribution in [1.29, 1.82) is 0 Å². The van der Waals surface area contributed by atoms with Crippen LogP contribution in [0.1, 0.15) is 5.56 Å². The quantitative estimate of drug-likeness (QED) is 0.488. The van der Waals surface area contributed by atoms with Gasteiger partial charge in [-0.25, -0.2) is 4.98 Å². The summed E-state index contributed by atoms with van der Waals surface area (Å²) in [5.41, 5.74) is 3.73. The molecule has 1 aromatic heterocycles. The fraction of sp³-hybridized carbons (Fsp3) is 0.0909. The molecule has 0 saturated carbocycles. The highest BCUT2D eigenvalue weighted by molar-refractivity contribution is 6.30. The first-order valence-corrected chi connectivity index (χ1v) is 9.11. The summed E-state index contributed by atoms with van der Waals surface area (Å²) in [7, 11) is 0. The van der Waals surface area contributed by atoms with Gasteiger partial charge in [0.1, 0.15) is 11.3 Å². The molecule has 0 aliphatic carbocycles. The van der Waals surface area contributed by atoms with Gasteiger partial charge in [-0.1, -0.05) is 29.8 Å². The Labute approximate surface area is 166 Å². The molecular formula is C22H17ClN2O3. The second-order valence-electron chi connectivity index (χ2n) is 6.31. The van der Waals surface area contributed by atoms with E-state index in [1.54, 1.807) is 36.4 Å². The van der Waals surface area contributed by atoms with E-state index < -0.39 is 0 Å². The molecule has 140 valence electrons. The number of ether oxygens (including phenoxy) is 1. The Morgan fingerprint density at radius 2 is 1.93 bits per heavy atom. The van der Waals surface area contributed by atoms with Gasteiger partial charge in [-0.05, 0) is 61.0 Å². The summed E-state index contributed by atoms with van der Waals surface area (Å²) in [5.74, 6) is 0.903. The van der Waals surface area contributed by atoms with E-state index in [-0.39, 0.29) is 12.5 Å². The Balaban J connectivity index is 1.44. The average molecular weight is 393 g/mol. The molecule has 0 aliphatic heterocycles. The van der Waals surface area contributed by atoms with Crippen LogP contribution in [0.3, 0.4) is 0 Å². The molecular weight excluding hydrogens is 376 g/mol. The zero-order valence-corrected chi connectivity index (χ0v) is 15.9. The van der Waals surface area contributed by atoms with Gasteiger partial charge in [-0.15, -0.1) is 0 Å². The third-order valence-corrected chi connectivity index (χ3v) is 4.42. The molecule has 1 amide bonds. The number of amides is 1. The molecule has 1 heterocycles. The van der Waals surface area contributed by atoms with Crippen molar-refractivity contribution >= 4 is 34.3 Å². The van der Waals surface area contributed by atoms with Crippen molar-refractivity contribution in [2.75, 3.05) is 11.9 Å². The lowest BCUT2D eigenvalue weighted by Crippen LogP contribution is -2.20. The molecule has 0 aliphatic rings. The molecule has 5 nitrogen and oxygen atoms in total. The van der Waals surface area contributed by atoms with Gasteiger partial charge in [0.2, 0.25) is 5.89 Å². The van der Waals surface area contributed by atoms with E-state index >= 15 is 0 Å². The van der Waals surface area contributed by atoms with Crippen LogP contribution in [0.2, 0.25) is 5.02 Å². The monoisotopic (exact) mass is 392 g/mol. The molecule has 28 heavy (non-hydrogen) atoms. The fourth-order valence-electron chi connectivity index (χ4n) is 2.82. The van der Waals surface area contributed by atoms with Gasteiger partial charge in [-0.2, -0.15) is 0 Å². The van der Waals surface area contributed by atoms with Gasteiger partial charge in [-0.3, -0.25) is 4.79 Å². The Morgan fingerprint density at radius 1 is 1.11 bits per heavy atom. The third-order valence-electron chi connectivity index (χ3n) is 4.19. The van der Waals surface area contributed by atoms with E-state index in [1.165, 1.54) is 0 Å². The smallest absolute Gasteiger partial charge is 0.262 e. The summed E-state index contributed by atoms with van der Waals surface area (Å²) in [6.07, 6.45) is 0. The number of nitrogens with zero attached hydrogens (tertiary/aromatic N) is 1. The Morgan fingerprint density at radius 3 is 2.71 bits per heavy atom. The number of aromatic nitrogens is 1. The van der Waals surface area contributed by atoms with Gasteiger partial charge in [0.25, 0.3) is 5.91 Å². The van der Waals surface area contributed by atoms with Crippen molar-refractivity contribution in [3.8, 4) is 17.2 Å². The third kappa shape index (κ3) is 4.00. The molecule has 0 saturated heterocycles. The van der Waals surface area contributed by atoms with Crippen LogP contribution in [0, 0.1) is 6.92 Å². The summed E-state index contributed by atoms with van der Waals surface area (Å²) in [6, 6.07) is 20.3. The number of rotatable bonds is 5. The SMILES string of the molecule is Cc1cc(Cl)ccc1OCC(=O)Nc1ccc2oc(-c3ccccc3)nc2c1. The van der Waals surface area contributed by atoms with Crippen molar-refractivity contribution in [1.82, 2.24) is 4.98 Å². The number of anilines is 1. The first-order chi connectivity index (χ1) is 13.6. The van der Waals surface area contributed by atoms with Gasteiger partial charge >= 0.3 is 0 Å². The molecule has 0 radical (unpaired) electrons. The van der Waals surface area contributed by atoms with Crippen LogP contribution in [0.5, 0.6) is 5.75 Å². The standard InChI is InChI=1S/C22H17ClN2O3/c1-14-11-16(23)7-9-19(14)27-13-21(26)24-17-8-10-20-18(12-17)25-22(28-20)15-5-3-2-4-6-15/h2-12H,13H2,1H3,(H,24,26). The van der Waals surface area contributed by atoms with E-state index in [9.17, 15) is 4.79 Å². The van der Waals surface area contributed by atoms with Crippen LogP contribution < -0.4 is 10.1 Å².